The summed E-state index contributed by atoms with van der Waals surface area (Å²) in [4.78, 5) is 13.8. The van der Waals surface area contributed by atoms with Crippen LogP contribution in [0.2, 0.25) is 0 Å². The van der Waals surface area contributed by atoms with Gasteiger partial charge in [-0.2, -0.15) is 5.10 Å². The lowest BCUT2D eigenvalue weighted by atomic mass is 10.4. The highest BCUT2D eigenvalue weighted by molar-refractivity contribution is 7.80. The minimum absolute atomic E-state index is 0.163. The predicted molar refractivity (Wildman–Crippen MR) is 70.4 cm³/mol. The number of aromatic nitrogens is 2. The van der Waals surface area contributed by atoms with Crippen molar-refractivity contribution in [2.45, 2.75) is 6.54 Å². The number of hydrogen-bond donors (Lipinski definition) is 1. The molecular formula is C10H16N4O2S. The lowest BCUT2D eigenvalue weighted by Crippen LogP contribution is -2.30. The molecule has 0 fully saturated rings. The van der Waals surface area contributed by atoms with Crippen molar-refractivity contribution >= 4 is 22.9 Å². The van der Waals surface area contributed by atoms with Crippen LogP contribution >= 0.6 is 12.2 Å². The Bertz CT molecular complexity index is 446. The van der Waals surface area contributed by atoms with Gasteiger partial charge in [0.15, 0.2) is 0 Å². The van der Waals surface area contributed by atoms with Crippen molar-refractivity contribution in [3.8, 4) is 0 Å². The number of ether oxygens (including phenoxy) is 1. The second-order valence-corrected chi connectivity index (χ2v) is 4.11. The van der Waals surface area contributed by atoms with Gasteiger partial charge in [0.25, 0.3) is 5.56 Å². The summed E-state index contributed by atoms with van der Waals surface area (Å²) in [6.45, 7) is 1.44. The Kier molecular flexibility index (Phi) is 5.05. The Morgan fingerprint density at radius 3 is 2.94 bits per heavy atom. The van der Waals surface area contributed by atoms with Crippen LogP contribution in [-0.4, -0.2) is 42.1 Å². The number of nitrogens with zero attached hydrogens (tertiary/aromatic N) is 3. The molecule has 0 unspecified atom stereocenters. The summed E-state index contributed by atoms with van der Waals surface area (Å²) in [6, 6.07) is 1.50. The van der Waals surface area contributed by atoms with Gasteiger partial charge >= 0.3 is 0 Å². The molecule has 7 heteroatoms. The van der Waals surface area contributed by atoms with Gasteiger partial charge in [-0.25, -0.2) is 4.68 Å². The standard InChI is InChI=1S/C10H16N4O2S/c1-13(3-4-16-2)8-5-10(15)14(12-6-8)7-9(11)17/h5-6H,3-4,7H2,1-2H3,(H2,11,17). The molecule has 0 radical (unpaired) electrons. The summed E-state index contributed by atoms with van der Waals surface area (Å²) in [7, 11) is 3.50. The number of methoxy groups -OCH3 is 1. The van der Waals surface area contributed by atoms with Crippen LogP contribution in [0.4, 0.5) is 5.69 Å². The molecule has 1 aromatic rings. The van der Waals surface area contributed by atoms with E-state index in [0.29, 0.717) is 13.2 Å². The smallest absolute Gasteiger partial charge is 0.269 e. The Balaban J connectivity index is 2.81. The number of anilines is 1. The third kappa shape index (κ3) is 4.12. The maximum Gasteiger partial charge on any atom is 0.269 e. The van der Waals surface area contributed by atoms with E-state index in [2.05, 4.69) is 5.10 Å². The minimum atomic E-state index is -0.223. The van der Waals surface area contributed by atoms with Gasteiger partial charge in [-0.05, 0) is 0 Å². The van der Waals surface area contributed by atoms with Crippen LogP contribution in [0, 0.1) is 0 Å². The van der Waals surface area contributed by atoms with Crippen molar-refractivity contribution in [1.29, 1.82) is 0 Å². The normalized spacial score (nSPS) is 10.2. The third-order valence-corrected chi connectivity index (χ3v) is 2.36. The summed E-state index contributed by atoms with van der Waals surface area (Å²) in [5, 5.41) is 4.00. The van der Waals surface area contributed by atoms with E-state index >= 15 is 0 Å². The van der Waals surface area contributed by atoms with E-state index in [1.807, 2.05) is 11.9 Å². The molecular weight excluding hydrogens is 240 g/mol. The van der Waals surface area contributed by atoms with Crippen molar-refractivity contribution in [3.05, 3.63) is 22.6 Å². The van der Waals surface area contributed by atoms with Crippen LogP contribution in [0.15, 0.2) is 17.1 Å². The second-order valence-electron chi connectivity index (χ2n) is 3.59. The first-order chi connectivity index (χ1) is 8.04. The van der Waals surface area contributed by atoms with Gasteiger partial charge in [0.2, 0.25) is 0 Å². The van der Waals surface area contributed by atoms with Gasteiger partial charge in [0, 0.05) is 26.8 Å². The molecule has 17 heavy (non-hydrogen) atoms. The Morgan fingerprint density at radius 2 is 2.41 bits per heavy atom. The summed E-state index contributed by atoms with van der Waals surface area (Å²) in [6.07, 6.45) is 1.61. The van der Waals surface area contributed by atoms with E-state index in [9.17, 15) is 4.79 Å². The van der Waals surface area contributed by atoms with E-state index in [-0.39, 0.29) is 17.1 Å². The second kappa shape index (κ2) is 6.31. The average molecular weight is 256 g/mol. The van der Waals surface area contributed by atoms with Crippen molar-refractivity contribution in [2.75, 3.05) is 32.2 Å². The monoisotopic (exact) mass is 256 g/mol. The van der Waals surface area contributed by atoms with Crippen LogP contribution in [0.25, 0.3) is 0 Å². The zero-order chi connectivity index (χ0) is 12.8. The van der Waals surface area contributed by atoms with Crippen molar-refractivity contribution < 1.29 is 4.74 Å². The molecule has 0 saturated heterocycles. The Morgan fingerprint density at radius 1 is 1.71 bits per heavy atom. The first-order valence-electron chi connectivity index (χ1n) is 5.10. The predicted octanol–water partition coefficient (Wildman–Crippen LogP) is -0.388. The molecule has 0 amide bonds. The molecule has 2 N–H and O–H groups in total. The molecule has 1 aromatic heterocycles. The van der Waals surface area contributed by atoms with Crippen LogP contribution in [-0.2, 0) is 11.3 Å². The Labute approximate surface area is 105 Å². The van der Waals surface area contributed by atoms with E-state index in [0.717, 1.165) is 5.69 Å². The van der Waals surface area contributed by atoms with Gasteiger partial charge in [-0.15, -0.1) is 0 Å². The summed E-state index contributed by atoms with van der Waals surface area (Å²) >= 11 is 4.73. The maximum absolute atomic E-state index is 11.7. The molecule has 0 atom stereocenters. The van der Waals surface area contributed by atoms with E-state index in [1.54, 1.807) is 13.3 Å². The fourth-order valence-corrected chi connectivity index (χ4v) is 1.38. The summed E-state index contributed by atoms with van der Waals surface area (Å²) in [5.41, 5.74) is 5.88. The first-order valence-corrected chi connectivity index (χ1v) is 5.51. The SMILES string of the molecule is COCCN(C)c1cnn(CC(N)=S)c(=O)c1. The largest absolute Gasteiger partial charge is 0.392 e. The van der Waals surface area contributed by atoms with Gasteiger partial charge in [-0.3, -0.25) is 4.79 Å². The van der Waals surface area contributed by atoms with Crippen molar-refractivity contribution in [1.82, 2.24) is 9.78 Å². The maximum atomic E-state index is 11.7. The van der Waals surface area contributed by atoms with Crippen molar-refractivity contribution in [3.63, 3.8) is 0 Å². The van der Waals surface area contributed by atoms with Crippen LogP contribution < -0.4 is 16.2 Å². The quantitative estimate of drug-likeness (QED) is 0.699. The number of rotatable bonds is 6. The van der Waals surface area contributed by atoms with E-state index in [4.69, 9.17) is 22.7 Å². The highest BCUT2D eigenvalue weighted by Gasteiger charge is 2.05. The number of nitrogens with two attached hydrogens (primary N) is 1. The third-order valence-electron chi connectivity index (χ3n) is 2.23. The average Bonchev–Trinajstić information content (AvgIpc) is 2.28. The number of thiocarbonyl (C=S) groups is 1. The van der Waals surface area contributed by atoms with Crippen LogP contribution in [0.3, 0.4) is 0 Å². The molecule has 0 aliphatic rings. The lowest BCUT2D eigenvalue weighted by Gasteiger charge is -2.18. The minimum Gasteiger partial charge on any atom is -0.392 e. The molecule has 1 heterocycles. The van der Waals surface area contributed by atoms with Gasteiger partial charge < -0.3 is 15.4 Å². The highest BCUT2D eigenvalue weighted by atomic mass is 32.1. The lowest BCUT2D eigenvalue weighted by molar-refractivity contribution is 0.206. The molecule has 0 aliphatic carbocycles. The van der Waals surface area contributed by atoms with Crippen LogP contribution in [0.1, 0.15) is 0 Å². The first kappa shape index (κ1) is 13.6. The van der Waals surface area contributed by atoms with Crippen molar-refractivity contribution in [2.24, 2.45) is 5.73 Å². The summed E-state index contributed by atoms with van der Waals surface area (Å²) in [5.74, 6) is 0. The molecule has 0 aliphatic heterocycles. The molecule has 1 rings (SSSR count). The van der Waals surface area contributed by atoms with Gasteiger partial charge in [0.1, 0.15) is 0 Å². The molecule has 0 aromatic carbocycles. The fraction of sp³-hybridized carbons (Fsp3) is 0.500. The van der Waals surface area contributed by atoms with Gasteiger partial charge in [-0.1, -0.05) is 12.2 Å². The molecule has 6 nitrogen and oxygen atoms in total. The molecule has 94 valence electrons. The van der Waals surface area contributed by atoms with Crippen LogP contribution in [0.5, 0.6) is 0 Å². The molecule has 0 saturated carbocycles. The zero-order valence-corrected chi connectivity index (χ0v) is 10.7. The molecule has 0 bridgehead atoms. The summed E-state index contributed by atoms with van der Waals surface area (Å²) < 4.78 is 6.19. The zero-order valence-electron chi connectivity index (χ0n) is 9.92. The fourth-order valence-electron chi connectivity index (χ4n) is 1.26. The number of hydrogen-bond acceptors (Lipinski definition) is 5. The number of likely N-dealkylation sites (N-methyl/N-ethyl adjacent to an activating group) is 1. The Hall–Kier alpha value is -1.47. The highest BCUT2D eigenvalue weighted by Crippen LogP contribution is 2.05. The van der Waals surface area contributed by atoms with E-state index in [1.165, 1.54) is 10.7 Å². The van der Waals surface area contributed by atoms with E-state index < -0.39 is 0 Å². The molecule has 0 spiro atoms. The topological polar surface area (TPSA) is 73.4 Å². The van der Waals surface area contributed by atoms with Gasteiger partial charge in [0.05, 0.1) is 30.0 Å².